The highest BCUT2D eigenvalue weighted by molar-refractivity contribution is 5.84. The Morgan fingerprint density at radius 2 is 2.35 bits per heavy atom. The average Bonchev–Trinajstić information content (AvgIpc) is 3.16. The molecule has 2 rings (SSSR count). The van der Waals surface area contributed by atoms with Gasteiger partial charge in [0.2, 0.25) is 11.8 Å². The van der Waals surface area contributed by atoms with E-state index >= 15 is 0 Å². The summed E-state index contributed by atoms with van der Waals surface area (Å²) in [4.78, 5) is 26.3. The summed E-state index contributed by atoms with van der Waals surface area (Å²) in [5, 5.41) is 5.73. The van der Waals surface area contributed by atoms with E-state index in [1.54, 1.807) is 19.4 Å². The third-order valence-electron chi connectivity index (χ3n) is 3.85. The third-order valence-corrected chi connectivity index (χ3v) is 3.85. The van der Waals surface area contributed by atoms with Crippen LogP contribution in [0.4, 0.5) is 0 Å². The summed E-state index contributed by atoms with van der Waals surface area (Å²) in [7, 11) is 1.60. The Labute approximate surface area is 136 Å². The van der Waals surface area contributed by atoms with Crippen LogP contribution in [0.15, 0.2) is 22.8 Å². The smallest absolute Gasteiger partial charge is 0.237 e. The molecule has 0 spiro atoms. The summed E-state index contributed by atoms with van der Waals surface area (Å²) in [6.07, 6.45) is 3.26. The highest BCUT2D eigenvalue weighted by Crippen LogP contribution is 2.17. The molecule has 23 heavy (non-hydrogen) atoms. The number of amides is 2. The van der Waals surface area contributed by atoms with E-state index in [2.05, 4.69) is 10.6 Å². The number of carbonyl (C=O) groups is 2. The van der Waals surface area contributed by atoms with Crippen LogP contribution >= 0.6 is 0 Å². The third kappa shape index (κ3) is 5.37. The molecule has 0 radical (unpaired) electrons. The van der Waals surface area contributed by atoms with Crippen LogP contribution < -0.4 is 10.6 Å². The molecule has 2 unspecified atom stereocenters. The molecule has 2 heterocycles. The van der Waals surface area contributed by atoms with Gasteiger partial charge in [0.1, 0.15) is 5.76 Å². The summed E-state index contributed by atoms with van der Waals surface area (Å²) < 4.78 is 10.2. The second-order valence-corrected chi connectivity index (χ2v) is 5.85. The van der Waals surface area contributed by atoms with Crippen molar-refractivity contribution in [2.45, 2.75) is 38.4 Å². The number of ether oxygens (including phenoxy) is 1. The SMILES string of the molecule is COCC(C)NC(=O)CN1CCCC1C(=O)NCc1ccco1. The molecule has 2 atom stereocenters. The highest BCUT2D eigenvalue weighted by atomic mass is 16.5. The number of likely N-dealkylation sites (tertiary alicyclic amines) is 1. The molecule has 0 aromatic carbocycles. The van der Waals surface area contributed by atoms with Crippen LogP contribution in [0.2, 0.25) is 0 Å². The summed E-state index contributed by atoms with van der Waals surface area (Å²) in [5.41, 5.74) is 0. The zero-order valence-corrected chi connectivity index (χ0v) is 13.7. The van der Waals surface area contributed by atoms with E-state index in [9.17, 15) is 9.59 Å². The number of nitrogens with one attached hydrogen (secondary N) is 2. The maximum atomic E-state index is 12.3. The van der Waals surface area contributed by atoms with Gasteiger partial charge in [-0.1, -0.05) is 0 Å². The number of hydrogen-bond acceptors (Lipinski definition) is 5. The predicted molar refractivity (Wildman–Crippen MR) is 84.6 cm³/mol. The fourth-order valence-electron chi connectivity index (χ4n) is 2.81. The number of hydrogen-bond donors (Lipinski definition) is 2. The molecule has 1 aromatic rings. The quantitative estimate of drug-likeness (QED) is 0.728. The molecule has 2 amide bonds. The minimum atomic E-state index is -0.256. The van der Waals surface area contributed by atoms with E-state index in [0.29, 0.717) is 18.9 Å². The lowest BCUT2D eigenvalue weighted by molar-refractivity contribution is -0.128. The number of nitrogens with zero attached hydrogens (tertiary/aromatic N) is 1. The van der Waals surface area contributed by atoms with E-state index in [0.717, 1.165) is 19.4 Å². The summed E-state index contributed by atoms with van der Waals surface area (Å²) in [6, 6.07) is 3.31. The van der Waals surface area contributed by atoms with Crippen molar-refractivity contribution in [2.75, 3.05) is 26.8 Å². The van der Waals surface area contributed by atoms with E-state index < -0.39 is 0 Å². The lowest BCUT2D eigenvalue weighted by Gasteiger charge is -2.23. The van der Waals surface area contributed by atoms with Gasteiger partial charge in [0, 0.05) is 13.2 Å². The van der Waals surface area contributed by atoms with Gasteiger partial charge < -0.3 is 19.8 Å². The molecule has 1 aromatic heterocycles. The Morgan fingerprint density at radius 3 is 3.04 bits per heavy atom. The Balaban J connectivity index is 1.79. The fraction of sp³-hybridized carbons (Fsp3) is 0.625. The van der Waals surface area contributed by atoms with Crippen LogP contribution in [0.3, 0.4) is 0 Å². The lowest BCUT2D eigenvalue weighted by Crippen LogP contribution is -2.48. The number of carbonyl (C=O) groups excluding carboxylic acids is 2. The maximum absolute atomic E-state index is 12.3. The Bertz CT molecular complexity index is 503. The van der Waals surface area contributed by atoms with Crippen molar-refractivity contribution in [3.05, 3.63) is 24.2 Å². The van der Waals surface area contributed by atoms with Crippen molar-refractivity contribution in [3.63, 3.8) is 0 Å². The molecule has 1 aliphatic rings. The summed E-state index contributed by atoms with van der Waals surface area (Å²) >= 11 is 0. The zero-order chi connectivity index (χ0) is 16.7. The van der Waals surface area contributed by atoms with Gasteiger partial charge in [0.15, 0.2) is 0 Å². The monoisotopic (exact) mass is 323 g/mol. The molecule has 1 saturated heterocycles. The number of methoxy groups -OCH3 is 1. The second kappa shape index (κ2) is 8.69. The van der Waals surface area contributed by atoms with Crippen molar-refractivity contribution >= 4 is 11.8 Å². The van der Waals surface area contributed by atoms with Crippen LogP contribution in [-0.2, 0) is 20.9 Å². The largest absolute Gasteiger partial charge is 0.467 e. The zero-order valence-electron chi connectivity index (χ0n) is 13.7. The molecule has 1 fully saturated rings. The minimum Gasteiger partial charge on any atom is -0.467 e. The molecule has 7 nitrogen and oxygen atoms in total. The van der Waals surface area contributed by atoms with Gasteiger partial charge in [0.25, 0.3) is 0 Å². The van der Waals surface area contributed by atoms with Gasteiger partial charge in [-0.2, -0.15) is 0 Å². The van der Waals surface area contributed by atoms with Gasteiger partial charge in [0.05, 0.1) is 32.0 Å². The first-order valence-corrected chi connectivity index (χ1v) is 7.92. The van der Waals surface area contributed by atoms with Crippen molar-refractivity contribution in [2.24, 2.45) is 0 Å². The van der Waals surface area contributed by atoms with Gasteiger partial charge in [-0.25, -0.2) is 0 Å². The molecular formula is C16H25N3O4. The van der Waals surface area contributed by atoms with Crippen molar-refractivity contribution in [3.8, 4) is 0 Å². The van der Waals surface area contributed by atoms with Crippen molar-refractivity contribution < 1.29 is 18.7 Å². The molecule has 0 bridgehead atoms. The van der Waals surface area contributed by atoms with E-state index in [1.165, 1.54) is 0 Å². The van der Waals surface area contributed by atoms with Gasteiger partial charge in [-0.15, -0.1) is 0 Å². The molecule has 1 aliphatic heterocycles. The first kappa shape index (κ1) is 17.5. The van der Waals surface area contributed by atoms with Gasteiger partial charge in [-0.3, -0.25) is 14.5 Å². The van der Waals surface area contributed by atoms with Crippen LogP contribution in [0.5, 0.6) is 0 Å². The highest BCUT2D eigenvalue weighted by Gasteiger charge is 2.31. The van der Waals surface area contributed by atoms with Crippen LogP contribution in [0.1, 0.15) is 25.5 Å². The first-order valence-electron chi connectivity index (χ1n) is 7.92. The minimum absolute atomic E-state index is 0.0404. The standard InChI is InChI=1S/C16H25N3O4/c1-12(11-22-2)18-15(20)10-19-7-3-6-14(19)16(21)17-9-13-5-4-8-23-13/h4-5,8,12,14H,3,6-7,9-11H2,1-2H3,(H,17,21)(H,18,20). The summed E-state index contributed by atoms with van der Waals surface area (Å²) in [6.45, 7) is 3.71. The van der Waals surface area contributed by atoms with Crippen molar-refractivity contribution in [1.82, 2.24) is 15.5 Å². The molecular weight excluding hydrogens is 298 g/mol. The molecule has 2 N–H and O–H groups in total. The molecule has 0 aliphatic carbocycles. The predicted octanol–water partition coefficient (Wildman–Crippen LogP) is 0.511. The fourth-order valence-corrected chi connectivity index (χ4v) is 2.81. The van der Waals surface area contributed by atoms with Gasteiger partial charge >= 0.3 is 0 Å². The topological polar surface area (TPSA) is 83.8 Å². The molecule has 128 valence electrons. The Kier molecular flexibility index (Phi) is 6.61. The normalized spacial score (nSPS) is 19.5. The lowest BCUT2D eigenvalue weighted by atomic mass is 10.2. The van der Waals surface area contributed by atoms with Crippen LogP contribution in [-0.4, -0.2) is 55.6 Å². The summed E-state index contributed by atoms with van der Waals surface area (Å²) in [5.74, 6) is 0.575. The van der Waals surface area contributed by atoms with E-state index in [4.69, 9.17) is 9.15 Å². The van der Waals surface area contributed by atoms with Gasteiger partial charge in [-0.05, 0) is 38.4 Å². The second-order valence-electron chi connectivity index (χ2n) is 5.85. The molecule has 7 heteroatoms. The number of furan rings is 1. The maximum Gasteiger partial charge on any atom is 0.237 e. The Hall–Kier alpha value is -1.86. The van der Waals surface area contributed by atoms with Crippen LogP contribution in [0.25, 0.3) is 0 Å². The first-order chi connectivity index (χ1) is 11.1. The average molecular weight is 323 g/mol. The van der Waals surface area contributed by atoms with E-state index in [1.807, 2.05) is 17.9 Å². The number of rotatable bonds is 8. The van der Waals surface area contributed by atoms with Crippen molar-refractivity contribution in [1.29, 1.82) is 0 Å². The molecule has 0 saturated carbocycles. The van der Waals surface area contributed by atoms with E-state index in [-0.39, 0.29) is 30.4 Å². The van der Waals surface area contributed by atoms with Crippen LogP contribution in [0, 0.1) is 0 Å². The Morgan fingerprint density at radius 1 is 1.52 bits per heavy atom.